The van der Waals surface area contributed by atoms with E-state index in [0.717, 1.165) is 23.5 Å². The van der Waals surface area contributed by atoms with Gasteiger partial charge in [0.1, 0.15) is 17.0 Å². The molecule has 0 spiro atoms. The number of halogens is 1. The highest BCUT2D eigenvalue weighted by atomic mass is 35.5. The second kappa shape index (κ2) is 9.13. The Hall–Kier alpha value is -2.82. The number of aromatic nitrogens is 4. The lowest BCUT2D eigenvalue weighted by Crippen LogP contribution is -2.24. The van der Waals surface area contributed by atoms with Crippen LogP contribution < -0.4 is 14.8 Å². The van der Waals surface area contributed by atoms with Gasteiger partial charge in [-0.2, -0.15) is 0 Å². The van der Waals surface area contributed by atoms with Crippen molar-refractivity contribution in [2.24, 2.45) is 0 Å². The van der Waals surface area contributed by atoms with Gasteiger partial charge < -0.3 is 14.2 Å². The first-order chi connectivity index (χ1) is 14.9. The van der Waals surface area contributed by atoms with Gasteiger partial charge in [0.15, 0.2) is 0 Å². The predicted octanol–water partition coefficient (Wildman–Crippen LogP) is 3.77. The summed E-state index contributed by atoms with van der Waals surface area (Å²) in [6.45, 7) is 4.44. The van der Waals surface area contributed by atoms with Crippen LogP contribution in [0.25, 0.3) is 11.1 Å². The van der Waals surface area contributed by atoms with Crippen molar-refractivity contribution >= 4 is 34.0 Å². The number of nitrogens with one attached hydrogen (secondary N) is 1. The Bertz CT molecular complexity index is 1110. The van der Waals surface area contributed by atoms with E-state index in [1.54, 1.807) is 12.1 Å². The molecule has 1 aliphatic heterocycles. The Balaban J connectivity index is 1.58. The summed E-state index contributed by atoms with van der Waals surface area (Å²) in [7, 11) is 1.53. The van der Waals surface area contributed by atoms with Crippen molar-refractivity contribution in [1.29, 1.82) is 0 Å². The van der Waals surface area contributed by atoms with Crippen LogP contribution in [0.5, 0.6) is 10.9 Å². The number of pyridine rings is 2. The average Bonchev–Trinajstić information content (AvgIpc) is 3.36. The Morgan fingerprint density at radius 3 is 2.84 bits per heavy atom. The van der Waals surface area contributed by atoms with Crippen LogP contribution in [0.15, 0.2) is 24.5 Å². The maximum atomic E-state index is 13.0. The van der Waals surface area contributed by atoms with E-state index < -0.39 is 5.91 Å². The Labute approximate surface area is 187 Å². The molecule has 0 bridgehead atoms. The molecular weight excluding hydrogens is 442 g/mol. The van der Waals surface area contributed by atoms with Gasteiger partial charge in [0.25, 0.3) is 11.1 Å². The summed E-state index contributed by atoms with van der Waals surface area (Å²) < 4.78 is 16.7. The number of nitrogens with zero attached hydrogens (tertiary/aromatic N) is 4. The quantitative estimate of drug-likeness (QED) is 0.552. The van der Waals surface area contributed by atoms with Crippen molar-refractivity contribution in [3.63, 3.8) is 0 Å². The van der Waals surface area contributed by atoms with Crippen molar-refractivity contribution in [2.45, 2.75) is 32.5 Å². The molecule has 2 atom stereocenters. The van der Waals surface area contributed by atoms with Crippen molar-refractivity contribution in [3.05, 3.63) is 40.9 Å². The molecule has 4 heterocycles. The molecule has 0 unspecified atom stereocenters. The standard InChI is InChI=1S/C20H20ClN5O4S/c1-10-6-12(13-7-17(21)23-9-16(13)28-3)14(8-22-10)18(27)24-19-25-26-20(31-19)30-15-4-5-29-11(15)2/h6-9,11,15H,4-5H2,1-3H3,(H,24,25,27)/t11-,15+/m1/s1. The molecule has 0 saturated carbocycles. The molecule has 1 N–H and O–H groups in total. The summed E-state index contributed by atoms with van der Waals surface area (Å²) in [6, 6.07) is 3.44. The van der Waals surface area contributed by atoms with Gasteiger partial charge in [-0.05, 0) is 37.3 Å². The largest absolute Gasteiger partial charge is 0.494 e. The van der Waals surface area contributed by atoms with Crippen LogP contribution in [-0.4, -0.2) is 52.0 Å². The SMILES string of the molecule is COc1cnc(Cl)cc1-c1cc(C)ncc1C(=O)Nc1nnc(O[C@H]2CCO[C@@H]2C)s1. The third-order valence-electron chi connectivity index (χ3n) is 4.82. The summed E-state index contributed by atoms with van der Waals surface area (Å²) in [6.07, 6.45) is 3.72. The molecule has 1 fully saturated rings. The molecule has 1 aliphatic rings. The third-order valence-corrected chi connectivity index (χ3v) is 5.75. The van der Waals surface area contributed by atoms with E-state index in [1.807, 2.05) is 13.8 Å². The number of rotatable bonds is 6. The number of methoxy groups -OCH3 is 1. The van der Waals surface area contributed by atoms with E-state index in [4.69, 9.17) is 25.8 Å². The molecule has 11 heteroatoms. The minimum absolute atomic E-state index is 0.00898. The number of hydrogen-bond acceptors (Lipinski definition) is 9. The molecule has 162 valence electrons. The fraction of sp³-hybridized carbons (Fsp3) is 0.350. The number of carbonyl (C=O) groups is 1. The average molecular weight is 462 g/mol. The number of hydrogen-bond donors (Lipinski definition) is 1. The smallest absolute Gasteiger partial charge is 0.296 e. The maximum absolute atomic E-state index is 13.0. The van der Waals surface area contributed by atoms with E-state index in [9.17, 15) is 4.79 Å². The van der Waals surface area contributed by atoms with Gasteiger partial charge in [0.05, 0.1) is 31.6 Å². The number of ether oxygens (including phenoxy) is 3. The van der Waals surface area contributed by atoms with Crippen LogP contribution in [0.1, 0.15) is 29.4 Å². The molecule has 9 nitrogen and oxygen atoms in total. The zero-order valence-corrected chi connectivity index (χ0v) is 18.7. The first-order valence-corrected chi connectivity index (χ1v) is 10.7. The second-order valence-corrected chi connectivity index (χ2v) is 8.25. The normalized spacial score (nSPS) is 18.1. The Kier molecular flexibility index (Phi) is 6.30. The zero-order valence-electron chi connectivity index (χ0n) is 17.1. The summed E-state index contributed by atoms with van der Waals surface area (Å²) >= 11 is 7.24. The van der Waals surface area contributed by atoms with Crippen molar-refractivity contribution in [3.8, 4) is 22.1 Å². The number of anilines is 1. The lowest BCUT2D eigenvalue weighted by atomic mass is 10.0. The first kappa shape index (κ1) is 21.4. The minimum Gasteiger partial charge on any atom is -0.494 e. The topological polar surface area (TPSA) is 108 Å². The van der Waals surface area contributed by atoms with Gasteiger partial charge in [-0.1, -0.05) is 16.7 Å². The van der Waals surface area contributed by atoms with Crippen LogP contribution in [0, 0.1) is 6.92 Å². The maximum Gasteiger partial charge on any atom is 0.296 e. The van der Waals surface area contributed by atoms with E-state index in [-0.39, 0.29) is 17.4 Å². The highest BCUT2D eigenvalue weighted by molar-refractivity contribution is 7.17. The predicted molar refractivity (Wildman–Crippen MR) is 116 cm³/mol. The van der Waals surface area contributed by atoms with E-state index in [1.165, 1.54) is 19.5 Å². The fourth-order valence-corrected chi connectivity index (χ4v) is 4.02. The molecule has 3 aromatic rings. The van der Waals surface area contributed by atoms with Gasteiger partial charge >= 0.3 is 0 Å². The van der Waals surface area contributed by atoms with Crippen LogP contribution in [0.2, 0.25) is 5.15 Å². The van der Waals surface area contributed by atoms with Crippen LogP contribution in [0.3, 0.4) is 0 Å². The molecule has 0 aromatic carbocycles. The molecule has 1 amide bonds. The molecular formula is C20H20ClN5O4S. The van der Waals surface area contributed by atoms with Gasteiger partial charge in [-0.25, -0.2) is 4.98 Å². The second-order valence-electron chi connectivity index (χ2n) is 6.93. The van der Waals surface area contributed by atoms with Crippen molar-refractivity contribution in [2.75, 3.05) is 19.0 Å². The molecule has 31 heavy (non-hydrogen) atoms. The van der Waals surface area contributed by atoms with E-state index in [0.29, 0.717) is 39.4 Å². The minimum atomic E-state index is -0.391. The van der Waals surface area contributed by atoms with Gasteiger partial charge in [-0.15, -0.1) is 5.10 Å². The highest BCUT2D eigenvalue weighted by Gasteiger charge is 2.27. The molecule has 0 radical (unpaired) electrons. The van der Waals surface area contributed by atoms with Crippen molar-refractivity contribution < 1.29 is 19.0 Å². The third kappa shape index (κ3) is 4.76. The summed E-state index contributed by atoms with van der Waals surface area (Å²) in [5, 5.41) is 11.8. The summed E-state index contributed by atoms with van der Waals surface area (Å²) in [5.74, 6) is 0.0984. The van der Waals surface area contributed by atoms with E-state index in [2.05, 4.69) is 25.5 Å². The zero-order chi connectivity index (χ0) is 22.0. The molecule has 4 rings (SSSR count). The van der Waals surface area contributed by atoms with Gasteiger partial charge in [0.2, 0.25) is 5.13 Å². The lowest BCUT2D eigenvalue weighted by Gasteiger charge is -2.13. The van der Waals surface area contributed by atoms with E-state index >= 15 is 0 Å². The molecule has 1 saturated heterocycles. The number of aryl methyl sites for hydroxylation is 1. The molecule has 3 aromatic heterocycles. The highest BCUT2D eigenvalue weighted by Crippen LogP contribution is 2.34. The number of amides is 1. The van der Waals surface area contributed by atoms with Gasteiger partial charge in [-0.3, -0.25) is 15.1 Å². The Morgan fingerprint density at radius 1 is 1.26 bits per heavy atom. The van der Waals surface area contributed by atoms with Crippen molar-refractivity contribution in [1.82, 2.24) is 20.2 Å². The van der Waals surface area contributed by atoms with Crippen LogP contribution >= 0.6 is 22.9 Å². The molecule has 0 aliphatic carbocycles. The van der Waals surface area contributed by atoms with Crippen LogP contribution in [-0.2, 0) is 4.74 Å². The fourth-order valence-electron chi connectivity index (χ4n) is 3.22. The summed E-state index contributed by atoms with van der Waals surface area (Å²) in [5.41, 5.74) is 2.32. The first-order valence-electron chi connectivity index (χ1n) is 9.54. The monoisotopic (exact) mass is 461 g/mol. The van der Waals surface area contributed by atoms with Crippen LogP contribution in [0.4, 0.5) is 5.13 Å². The Morgan fingerprint density at radius 2 is 2.10 bits per heavy atom. The lowest BCUT2D eigenvalue weighted by molar-refractivity contribution is 0.0669. The number of carbonyl (C=O) groups excluding carboxylic acids is 1. The van der Waals surface area contributed by atoms with Gasteiger partial charge in [0, 0.05) is 29.4 Å². The summed E-state index contributed by atoms with van der Waals surface area (Å²) in [4.78, 5) is 21.3.